The number of rotatable bonds is 6. The second-order valence-corrected chi connectivity index (χ2v) is 4.93. The van der Waals surface area contributed by atoms with E-state index in [1.165, 1.54) is 0 Å². The molecule has 17 heavy (non-hydrogen) atoms. The minimum Gasteiger partial charge on any atom is -0.271 e. The SMILES string of the molecule is CCc1nn(C)c(CC(NN)C(C)CC)c1Cl. The lowest BCUT2D eigenvalue weighted by Crippen LogP contribution is -2.41. The van der Waals surface area contributed by atoms with Gasteiger partial charge in [-0.25, -0.2) is 0 Å². The summed E-state index contributed by atoms with van der Waals surface area (Å²) in [5, 5.41) is 5.21. The van der Waals surface area contributed by atoms with Gasteiger partial charge in [0, 0.05) is 19.5 Å². The first-order valence-corrected chi connectivity index (χ1v) is 6.59. The Bertz CT molecular complexity index is 362. The Labute approximate surface area is 108 Å². The molecule has 98 valence electrons. The van der Waals surface area contributed by atoms with Crippen LogP contribution in [0.4, 0.5) is 0 Å². The van der Waals surface area contributed by atoms with Crippen LogP contribution in [0.1, 0.15) is 38.6 Å². The lowest BCUT2D eigenvalue weighted by atomic mass is 9.95. The number of nitrogens with two attached hydrogens (primary N) is 1. The smallest absolute Gasteiger partial charge is 0.0850 e. The standard InChI is InChI=1S/C12H23ClN4/c1-5-8(3)10(15-14)7-11-12(13)9(6-2)16-17(11)4/h8,10,15H,5-7,14H2,1-4H3. The van der Waals surface area contributed by atoms with Crippen LogP contribution in [-0.2, 0) is 19.9 Å². The average Bonchev–Trinajstić information content (AvgIpc) is 2.61. The van der Waals surface area contributed by atoms with Gasteiger partial charge in [0.2, 0.25) is 0 Å². The van der Waals surface area contributed by atoms with E-state index in [9.17, 15) is 0 Å². The van der Waals surface area contributed by atoms with Crippen molar-refractivity contribution in [1.82, 2.24) is 15.2 Å². The molecular weight excluding hydrogens is 236 g/mol. The van der Waals surface area contributed by atoms with Gasteiger partial charge in [0.1, 0.15) is 0 Å². The quantitative estimate of drug-likeness (QED) is 0.607. The Morgan fingerprint density at radius 2 is 2.12 bits per heavy atom. The molecule has 0 saturated heterocycles. The minimum absolute atomic E-state index is 0.234. The monoisotopic (exact) mass is 258 g/mol. The lowest BCUT2D eigenvalue weighted by molar-refractivity contribution is 0.364. The highest BCUT2D eigenvalue weighted by Crippen LogP contribution is 2.23. The van der Waals surface area contributed by atoms with Crippen LogP contribution in [0.2, 0.25) is 5.02 Å². The third kappa shape index (κ3) is 3.21. The first kappa shape index (κ1) is 14.5. The van der Waals surface area contributed by atoms with Gasteiger partial charge >= 0.3 is 0 Å². The van der Waals surface area contributed by atoms with Gasteiger partial charge in [0.25, 0.3) is 0 Å². The highest BCUT2D eigenvalue weighted by Gasteiger charge is 2.20. The molecule has 0 fully saturated rings. The summed E-state index contributed by atoms with van der Waals surface area (Å²) in [7, 11) is 1.94. The zero-order valence-electron chi connectivity index (χ0n) is 11.1. The molecule has 0 saturated carbocycles. The fraction of sp³-hybridized carbons (Fsp3) is 0.750. The first-order valence-electron chi connectivity index (χ1n) is 6.21. The second-order valence-electron chi connectivity index (χ2n) is 4.55. The number of hydrogen-bond donors (Lipinski definition) is 2. The zero-order valence-corrected chi connectivity index (χ0v) is 11.9. The van der Waals surface area contributed by atoms with Gasteiger partial charge in [0.05, 0.1) is 16.4 Å². The van der Waals surface area contributed by atoms with Crippen molar-refractivity contribution >= 4 is 11.6 Å². The Hall–Kier alpha value is -0.580. The summed E-state index contributed by atoms with van der Waals surface area (Å²) in [5.41, 5.74) is 4.91. The molecule has 0 aromatic carbocycles. The van der Waals surface area contributed by atoms with Gasteiger partial charge in [0.15, 0.2) is 0 Å². The van der Waals surface area contributed by atoms with E-state index in [1.807, 2.05) is 11.7 Å². The molecule has 1 heterocycles. The summed E-state index contributed by atoms with van der Waals surface area (Å²) < 4.78 is 1.87. The molecular formula is C12H23ClN4. The van der Waals surface area contributed by atoms with Crippen LogP contribution >= 0.6 is 11.6 Å². The third-order valence-electron chi connectivity index (χ3n) is 3.46. The predicted molar refractivity (Wildman–Crippen MR) is 71.9 cm³/mol. The van der Waals surface area contributed by atoms with E-state index in [-0.39, 0.29) is 6.04 Å². The first-order chi connectivity index (χ1) is 8.04. The molecule has 0 aliphatic heterocycles. The number of hydrazine groups is 1. The summed E-state index contributed by atoms with van der Waals surface area (Å²) in [6, 6.07) is 0.234. The summed E-state index contributed by atoms with van der Waals surface area (Å²) in [6.07, 6.45) is 2.76. The maximum Gasteiger partial charge on any atom is 0.0850 e. The summed E-state index contributed by atoms with van der Waals surface area (Å²) >= 11 is 6.33. The van der Waals surface area contributed by atoms with E-state index in [0.717, 1.165) is 35.7 Å². The average molecular weight is 259 g/mol. The number of nitrogens with zero attached hydrogens (tertiary/aromatic N) is 2. The van der Waals surface area contributed by atoms with Crippen molar-refractivity contribution < 1.29 is 0 Å². The van der Waals surface area contributed by atoms with Crippen molar-refractivity contribution in [1.29, 1.82) is 0 Å². The van der Waals surface area contributed by atoms with E-state index in [2.05, 4.69) is 31.3 Å². The van der Waals surface area contributed by atoms with E-state index in [4.69, 9.17) is 17.4 Å². The van der Waals surface area contributed by atoms with Crippen LogP contribution in [0.5, 0.6) is 0 Å². The van der Waals surface area contributed by atoms with E-state index < -0.39 is 0 Å². The van der Waals surface area contributed by atoms with Crippen molar-refractivity contribution in [3.05, 3.63) is 16.4 Å². The molecule has 0 radical (unpaired) electrons. The van der Waals surface area contributed by atoms with Crippen LogP contribution in [-0.4, -0.2) is 15.8 Å². The van der Waals surface area contributed by atoms with Crippen molar-refractivity contribution in [2.75, 3.05) is 0 Å². The van der Waals surface area contributed by atoms with Gasteiger partial charge in [-0.05, 0) is 12.3 Å². The van der Waals surface area contributed by atoms with Crippen molar-refractivity contribution in [2.45, 2.75) is 46.1 Å². The van der Waals surface area contributed by atoms with Gasteiger partial charge in [-0.3, -0.25) is 16.0 Å². The number of hydrogen-bond acceptors (Lipinski definition) is 3. The molecule has 5 heteroatoms. The fourth-order valence-corrected chi connectivity index (χ4v) is 2.33. The Morgan fingerprint density at radius 3 is 2.53 bits per heavy atom. The lowest BCUT2D eigenvalue weighted by Gasteiger charge is -2.22. The van der Waals surface area contributed by atoms with Crippen LogP contribution in [0.25, 0.3) is 0 Å². The Balaban J connectivity index is 2.89. The van der Waals surface area contributed by atoms with Gasteiger partial charge in [-0.15, -0.1) is 0 Å². The molecule has 2 unspecified atom stereocenters. The molecule has 2 atom stereocenters. The molecule has 4 nitrogen and oxygen atoms in total. The number of aryl methyl sites for hydroxylation is 2. The van der Waals surface area contributed by atoms with Crippen molar-refractivity contribution in [2.24, 2.45) is 18.8 Å². The normalized spacial score (nSPS) is 14.9. The zero-order chi connectivity index (χ0) is 13.0. The van der Waals surface area contributed by atoms with Crippen molar-refractivity contribution in [3.8, 4) is 0 Å². The van der Waals surface area contributed by atoms with Crippen molar-refractivity contribution in [3.63, 3.8) is 0 Å². The van der Waals surface area contributed by atoms with Gasteiger partial charge in [-0.1, -0.05) is 38.8 Å². The van der Waals surface area contributed by atoms with E-state index >= 15 is 0 Å². The van der Waals surface area contributed by atoms with Crippen LogP contribution in [0, 0.1) is 5.92 Å². The van der Waals surface area contributed by atoms with Crippen LogP contribution in [0.3, 0.4) is 0 Å². The maximum absolute atomic E-state index is 6.33. The molecule has 0 aliphatic rings. The van der Waals surface area contributed by atoms with Gasteiger partial charge < -0.3 is 0 Å². The van der Waals surface area contributed by atoms with Crippen LogP contribution in [0.15, 0.2) is 0 Å². The third-order valence-corrected chi connectivity index (χ3v) is 3.90. The largest absolute Gasteiger partial charge is 0.271 e. The molecule has 3 N–H and O–H groups in total. The van der Waals surface area contributed by atoms with E-state index in [1.54, 1.807) is 0 Å². The molecule has 0 bridgehead atoms. The highest BCUT2D eigenvalue weighted by molar-refractivity contribution is 6.31. The molecule has 0 spiro atoms. The van der Waals surface area contributed by atoms with E-state index in [0.29, 0.717) is 5.92 Å². The minimum atomic E-state index is 0.234. The number of halogens is 1. The topological polar surface area (TPSA) is 55.9 Å². The second kappa shape index (κ2) is 6.38. The Morgan fingerprint density at radius 1 is 1.47 bits per heavy atom. The molecule has 1 aromatic heterocycles. The molecule has 0 aliphatic carbocycles. The van der Waals surface area contributed by atoms with Crippen LogP contribution < -0.4 is 11.3 Å². The van der Waals surface area contributed by atoms with Gasteiger partial charge in [-0.2, -0.15) is 5.10 Å². The molecule has 0 amide bonds. The molecule has 1 aromatic rings. The predicted octanol–water partition coefficient (Wildman–Crippen LogP) is 2.06. The number of aromatic nitrogens is 2. The highest BCUT2D eigenvalue weighted by atomic mass is 35.5. The summed E-state index contributed by atoms with van der Waals surface area (Å²) in [5.74, 6) is 6.12. The fourth-order valence-electron chi connectivity index (χ4n) is 1.96. The summed E-state index contributed by atoms with van der Waals surface area (Å²) in [6.45, 7) is 6.41. The molecule has 1 rings (SSSR count). The maximum atomic E-state index is 6.33. The number of nitrogens with one attached hydrogen (secondary N) is 1. The summed E-state index contributed by atoms with van der Waals surface area (Å²) in [4.78, 5) is 0. The Kier molecular flexibility index (Phi) is 5.43.